The second-order valence-electron chi connectivity index (χ2n) is 6.94. The van der Waals surface area contributed by atoms with Crippen molar-refractivity contribution in [3.05, 3.63) is 40.4 Å². The lowest BCUT2D eigenvalue weighted by Crippen LogP contribution is -2.45. The Morgan fingerprint density at radius 1 is 1.23 bits per heavy atom. The van der Waals surface area contributed by atoms with E-state index in [0.29, 0.717) is 16.8 Å². The van der Waals surface area contributed by atoms with E-state index in [0.717, 1.165) is 49.0 Å². The van der Waals surface area contributed by atoms with Gasteiger partial charge in [-0.25, -0.2) is 4.98 Å². The topological polar surface area (TPSA) is 45.2 Å². The molecule has 1 N–H and O–H groups in total. The Hall–Kier alpha value is -1.14. The van der Waals surface area contributed by atoms with Gasteiger partial charge in [0.2, 0.25) is 0 Å². The average molecular weight is 412 g/mol. The zero-order valence-electron chi connectivity index (χ0n) is 14.5. The third kappa shape index (κ3) is 4.58. The summed E-state index contributed by atoms with van der Waals surface area (Å²) in [4.78, 5) is 19.2. The molecule has 2 heterocycles. The molecule has 2 aromatic rings. The Balaban J connectivity index is 0.00000196. The molecule has 1 aliphatic carbocycles. The highest BCUT2D eigenvalue weighted by atomic mass is 35.5. The Bertz CT molecular complexity index is 755. The lowest BCUT2D eigenvalue weighted by Gasteiger charge is -2.32. The number of aromatic nitrogens is 1. The molecule has 0 bridgehead atoms. The van der Waals surface area contributed by atoms with Crippen molar-refractivity contribution >= 4 is 41.3 Å². The van der Waals surface area contributed by atoms with Crippen LogP contribution in [0, 0.1) is 5.92 Å². The summed E-state index contributed by atoms with van der Waals surface area (Å²) >= 11 is 7.71. The molecule has 1 aromatic carbocycles. The first-order chi connectivity index (χ1) is 12.2. The highest BCUT2D eigenvalue weighted by molar-refractivity contribution is 7.13. The molecule has 1 aromatic heterocycles. The predicted octanol–water partition coefficient (Wildman–Crippen LogP) is 4.49. The first-order valence-electron chi connectivity index (χ1n) is 8.94. The van der Waals surface area contributed by atoms with Gasteiger partial charge in [0.1, 0.15) is 10.7 Å². The number of nitrogens with zero attached hydrogens (tertiary/aromatic N) is 2. The molecule has 1 saturated carbocycles. The number of carbonyl (C=O) groups excluding carboxylic acids is 1. The molecule has 0 atom stereocenters. The number of rotatable bonds is 5. The van der Waals surface area contributed by atoms with E-state index in [4.69, 9.17) is 11.6 Å². The van der Waals surface area contributed by atoms with Crippen LogP contribution in [0.1, 0.15) is 36.2 Å². The summed E-state index contributed by atoms with van der Waals surface area (Å²) in [6, 6.07) is 8.17. The molecule has 140 valence electrons. The van der Waals surface area contributed by atoms with Crippen LogP contribution in [-0.4, -0.2) is 41.5 Å². The lowest BCUT2D eigenvalue weighted by molar-refractivity contribution is 0.0700. The van der Waals surface area contributed by atoms with Gasteiger partial charge in [-0.2, -0.15) is 0 Å². The van der Waals surface area contributed by atoms with Crippen molar-refractivity contribution in [2.75, 3.05) is 19.6 Å². The Morgan fingerprint density at radius 2 is 1.96 bits per heavy atom. The van der Waals surface area contributed by atoms with Crippen LogP contribution >= 0.6 is 35.3 Å². The first-order valence-corrected chi connectivity index (χ1v) is 10.2. The number of piperidine rings is 1. The van der Waals surface area contributed by atoms with Gasteiger partial charge in [-0.3, -0.25) is 4.79 Å². The minimum Gasteiger partial charge on any atom is -0.337 e. The van der Waals surface area contributed by atoms with Crippen LogP contribution in [0.2, 0.25) is 5.02 Å². The van der Waals surface area contributed by atoms with Gasteiger partial charge in [0.05, 0.1) is 5.02 Å². The van der Waals surface area contributed by atoms with E-state index < -0.39 is 0 Å². The third-order valence-corrected chi connectivity index (χ3v) is 6.21. The number of thiazole rings is 1. The molecule has 0 radical (unpaired) electrons. The Kier molecular flexibility index (Phi) is 6.56. The number of nitrogens with one attached hydrogen (secondary N) is 1. The smallest absolute Gasteiger partial charge is 0.273 e. The summed E-state index contributed by atoms with van der Waals surface area (Å²) in [5.74, 6) is 0.938. The maximum atomic E-state index is 12.7. The largest absolute Gasteiger partial charge is 0.337 e. The van der Waals surface area contributed by atoms with E-state index in [1.54, 1.807) is 0 Å². The van der Waals surface area contributed by atoms with Gasteiger partial charge in [0.15, 0.2) is 0 Å². The maximum absolute atomic E-state index is 12.7. The molecule has 1 amide bonds. The second kappa shape index (κ2) is 8.70. The number of amides is 1. The van der Waals surface area contributed by atoms with Crippen molar-refractivity contribution in [2.24, 2.45) is 5.92 Å². The van der Waals surface area contributed by atoms with Gasteiger partial charge in [0, 0.05) is 30.1 Å². The van der Waals surface area contributed by atoms with E-state index in [1.165, 1.54) is 24.2 Å². The summed E-state index contributed by atoms with van der Waals surface area (Å²) < 4.78 is 0. The van der Waals surface area contributed by atoms with E-state index in [2.05, 4.69) is 10.3 Å². The van der Waals surface area contributed by atoms with E-state index in [-0.39, 0.29) is 18.3 Å². The van der Waals surface area contributed by atoms with E-state index >= 15 is 0 Å². The fraction of sp³-hybridized carbons (Fsp3) is 0.474. The van der Waals surface area contributed by atoms with Crippen LogP contribution in [0.3, 0.4) is 0 Å². The molecule has 7 heteroatoms. The van der Waals surface area contributed by atoms with Gasteiger partial charge in [0.25, 0.3) is 5.91 Å². The fourth-order valence-electron chi connectivity index (χ4n) is 3.23. The molecular formula is C19H23Cl2N3OS. The molecule has 4 nitrogen and oxygen atoms in total. The number of hydrogen-bond acceptors (Lipinski definition) is 4. The molecule has 1 aliphatic heterocycles. The highest BCUT2D eigenvalue weighted by Gasteiger charge is 2.27. The van der Waals surface area contributed by atoms with Crippen molar-refractivity contribution in [3.63, 3.8) is 0 Å². The van der Waals surface area contributed by atoms with Gasteiger partial charge in [-0.05, 0) is 44.2 Å². The van der Waals surface area contributed by atoms with Crippen LogP contribution in [0.25, 0.3) is 10.6 Å². The Morgan fingerprint density at radius 3 is 2.65 bits per heavy atom. The molecule has 0 unspecified atom stereocenters. The zero-order valence-corrected chi connectivity index (χ0v) is 16.9. The third-order valence-electron chi connectivity index (χ3n) is 5.00. The lowest BCUT2D eigenvalue weighted by atomic mass is 10.0. The molecular weight excluding hydrogens is 389 g/mol. The zero-order chi connectivity index (χ0) is 17.2. The van der Waals surface area contributed by atoms with Crippen molar-refractivity contribution in [2.45, 2.75) is 31.7 Å². The van der Waals surface area contributed by atoms with Gasteiger partial charge >= 0.3 is 0 Å². The quantitative estimate of drug-likeness (QED) is 0.787. The SMILES string of the molecule is Cl.O=C(c1csc(-c2ccccc2Cl)n1)N1CCC(NCC2CC2)CC1. The maximum Gasteiger partial charge on any atom is 0.273 e. The number of likely N-dealkylation sites (tertiary alicyclic amines) is 1. The number of benzene rings is 1. The Labute approximate surface area is 169 Å². The van der Waals surface area contributed by atoms with Crippen LogP contribution in [0.5, 0.6) is 0 Å². The molecule has 0 spiro atoms. The number of hydrogen-bond donors (Lipinski definition) is 1. The van der Waals surface area contributed by atoms with Gasteiger partial charge in [-0.15, -0.1) is 23.7 Å². The van der Waals surface area contributed by atoms with Crippen LogP contribution in [0.15, 0.2) is 29.6 Å². The first kappa shape index (κ1) is 19.6. The molecule has 4 rings (SSSR count). The van der Waals surface area contributed by atoms with Crippen molar-refractivity contribution in [1.29, 1.82) is 0 Å². The summed E-state index contributed by atoms with van der Waals surface area (Å²) in [7, 11) is 0. The van der Waals surface area contributed by atoms with Crippen LogP contribution in [-0.2, 0) is 0 Å². The summed E-state index contributed by atoms with van der Waals surface area (Å²) in [6.45, 7) is 2.76. The van der Waals surface area contributed by atoms with Crippen molar-refractivity contribution < 1.29 is 4.79 Å². The van der Waals surface area contributed by atoms with E-state index in [9.17, 15) is 4.79 Å². The van der Waals surface area contributed by atoms with Crippen LogP contribution in [0.4, 0.5) is 0 Å². The van der Waals surface area contributed by atoms with Gasteiger partial charge < -0.3 is 10.2 Å². The molecule has 2 fully saturated rings. The standard InChI is InChI=1S/C19H22ClN3OS.ClH/c20-16-4-2-1-3-15(16)18-22-17(12-25-18)19(24)23-9-7-14(8-10-23)21-11-13-5-6-13;/h1-4,12-14,21H,5-11H2;1H. The minimum absolute atomic E-state index is 0. The van der Waals surface area contributed by atoms with Crippen molar-refractivity contribution in [1.82, 2.24) is 15.2 Å². The number of halogens is 2. The minimum atomic E-state index is 0. The summed E-state index contributed by atoms with van der Waals surface area (Å²) in [6.07, 6.45) is 4.81. The highest BCUT2D eigenvalue weighted by Crippen LogP contribution is 2.31. The molecule has 1 saturated heterocycles. The molecule has 26 heavy (non-hydrogen) atoms. The fourth-order valence-corrected chi connectivity index (χ4v) is 4.35. The second-order valence-corrected chi connectivity index (χ2v) is 8.20. The molecule has 2 aliphatic rings. The predicted molar refractivity (Wildman–Crippen MR) is 109 cm³/mol. The normalized spacial score (nSPS) is 17.8. The monoisotopic (exact) mass is 411 g/mol. The van der Waals surface area contributed by atoms with Gasteiger partial charge in [-0.1, -0.05) is 29.8 Å². The number of carbonyl (C=O) groups is 1. The van der Waals surface area contributed by atoms with Crippen LogP contribution < -0.4 is 5.32 Å². The average Bonchev–Trinajstić information content (AvgIpc) is 3.35. The van der Waals surface area contributed by atoms with E-state index in [1.807, 2.05) is 34.5 Å². The van der Waals surface area contributed by atoms with Crippen molar-refractivity contribution in [3.8, 4) is 10.6 Å². The summed E-state index contributed by atoms with van der Waals surface area (Å²) in [5, 5.41) is 6.96. The summed E-state index contributed by atoms with van der Waals surface area (Å²) in [5.41, 5.74) is 1.42.